The number of hydrogen-bond acceptors (Lipinski definition) is 3. The number of carboxylic acids is 1. The van der Waals surface area contributed by atoms with Gasteiger partial charge in [0.05, 0.1) is 0 Å². The molecule has 2 amide bonds. The van der Waals surface area contributed by atoms with E-state index in [9.17, 15) is 9.59 Å². The molecule has 0 bridgehead atoms. The first-order valence-electron chi connectivity index (χ1n) is 5.01. The Balaban J connectivity index is 2.29. The second kappa shape index (κ2) is 6.49. The Hall–Kier alpha value is -2.08. The zero-order valence-corrected chi connectivity index (χ0v) is 9.40. The number of hydrogen-bond donors (Lipinski definition) is 3. The lowest BCUT2D eigenvalue weighted by atomic mass is 10.1. The molecule has 0 heterocycles. The summed E-state index contributed by atoms with van der Waals surface area (Å²) in [7, 11) is 0. The highest BCUT2D eigenvalue weighted by atomic mass is 16.7. The van der Waals surface area contributed by atoms with Crippen LogP contribution in [0.4, 0.5) is 4.79 Å². The smallest absolute Gasteiger partial charge is 0.338 e. The molecule has 0 saturated carbocycles. The average Bonchev–Trinajstić information content (AvgIpc) is 2.27. The number of aliphatic carboxylic acids is 1. The average molecular weight is 238 g/mol. The van der Waals surface area contributed by atoms with Crippen molar-refractivity contribution in [2.45, 2.75) is 13.5 Å². The predicted octanol–water partition coefficient (Wildman–Crippen LogP) is 0.810. The molecule has 0 aliphatic carbocycles. The van der Waals surface area contributed by atoms with Gasteiger partial charge >= 0.3 is 12.0 Å². The van der Waals surface area contributed by atoms with Crippen molar-refractivity contribution in [3.63, 3.8) is 0 Å². The van der Waals surface area contributed by atoms with Crippen LogP contribution < -0.4 is 10.8 Å². The predicted molar refractivity (Wildman–Crippen MR) is 60.1 cm³/mol. The molecule has 0 aliphatic rings. The van der Waals surface area contributed by atoms with Crippen molar-refractivity contribution < 1.29 is 19.5 Å². The second-order valence-corrected chi connectivity index (χ2v) is 3.39. The normalized spacial score (nSPS) is 9.71. The molecule has 17 heavy (non-hydrogen) atoms. The Kier molecular flexibility index (Phi) is 4.96. The maximum Gasteiger partial charge on any atom is 0.338 e. The van der Waals surface area contributed by atoms with Crippen molar-refractivity contribution >= 4 is 12.0 Å². The lowest BCUT2D eigenvalue weighted by molar-refractivity contribution is -0.144. The summed E-state index contributed by atoms with van der Waals surface area (Å²) in [4.78, 5) is 25.7. The number of carbonyl (C=O) groups is 2. The molecule has 6 heteroatoms. The Morgan fingerprint density at radius 2 is 2.06 bits per heavy atom. The number of nitrogens with one attached hydrogen (secondary N) is 2. The maximum atomic E-state index is 11.2. The number of benzene rings is 1. The standard InChI is InChI=1S/C11H14N2O4/c1-8-4-2-3-5-9(8)6-12-11(16)13-17-7-10(14)15/h2-5H,6-7H2,1H3,(H,14,15)(H2,12,13,16). The molecule has 1 rings (SSSR count). The van der Waals surface area contributed by atoms with Gasteiger partial charge in [0.15, 0.2) is 6.61 Å². The molecule has 3 N–H and O–H groups in total. The number of aryl methyl sites for hydroxylation is 1. The third-order valence-corrected chi connectivity index (χ3v) is 2.06. The van der Waals surface area contributed by atoms with Crippen molar-refractivity contribution in [2.75, 3.05) is 6.61 Å². The number of hydroxylamine groups is 1. The number of carboxylic acid groups (broad SMARTS) is 1. The van der Waals surface area contributed by atoms with Crippen LogP contribution in [0.25, 0.3) is 0 Å². The first-order valence-corrected chi connectivity index (χ1v) is 5.01. The van der Waals surface area contributed by atoms with Crippen LogP contribution in [0.3, 0.4) is 0 Å². The fraction of sp³-hybridized carbons (Fsp3) is 0.273. The first-order chi connectivity index (χ1) is 8.09. The molecule has 0 aromatic heterocycles. The van der Waals surface area contributed by atoms with Crippen LogP contribution >= 0.6 is 0 Å². The van der Waals surface area contributed by atoms with Gasteiger partial charge < -0.3 is 10.4 Å². The lowest BCUT2D eigenvalue weighted by Crippen LogP contribution is -2.36. The fourth-order valence-corrected chi connectivity index (χ4v) is 1.18. The zero-order chi connectivity index (χ0) is 12.7. The highest BCUT2D eigenvalue weighted by Gasteiger charge is 2.03. The van der Waals surface area contributed by atoms with E-state index in [1.54, 1.807) is 0 Å². The third kappa shape index (κ3) is 4.98. The van der Waals surface area contributed by atoms with Gasteiger partial charge in [-0.25, -0.2) is 15.1 Å². The van der Waals surface area contributed by atoms with Gasteiger partial charge in [0.25, 0.3) is 0 Å². The van der Waals surface area contributed by atoms with E-state index in [0.717, 1.165) is 11.1 Å². The van der Waals surface area contributed by atoms with E-state index in [0.29, 0.717) is 6.54 Å². The molecule has 0 unspecified atom stereocenters. The van der Waals surface area contributed by atoms with Crippen molar-refractivity contribution in [3.8, 4) is 0 Å². The minimum atomic E-state index is -1.15. The Labute approximate surface area is 98.5 Å². The molecule has 1 aromatic carbocycles. The quantitative estimate of drug-likeness (QED) is 0.662. The number of urea groups is 1. The first kappa shape index (κ1) is 13.0. The third-order valence-electron chi connectivity index (χ3n) is 2.06. The molecular weight excluding hydrogens is 224 g/mol. The van der Waals surface area contributed by atoms with Crippen LogP contribution in [-0.2, 0) is 16.2 Å². The molecule has 0 radical (unpaired) electrons. The van der Waals surface area contributed by atoms with Crippen molar-refractivity contribution in [1.29, 1.82) is 0 Å². The van der Waals surface area contributed by atoms with Crippen LogP contribution in [0, 0.1) is 6.92 Å². The highest BCUT2D eigenvalue weighted by molar-refractivity contribution is 5.73. The van der Waals surface area contributed by atoms with E-state index in [1.165, 1.54) is 0 Å². The summed E-state index contributed by atoms with van der Waals surface area (Å²) in [5.41, 5.74) is 4.03. The summed E-state index contributed by atoms with van der Waals surface area (Å²) in [5.74, 6) is -1.15. The van der Waals surface area contributed by atoms with Gasteiger partial charge in [0.2, 0.25) is 0 Å². The molecular formula is C11H14N2O4. The summed E-state index contributed by atoms with van der Waals surface area (Å²) in [5, 5.41) is 10.8. The second-order valence-electron chi connectivity index (χ2n) is 3.39. The minimum Gasteiger partial charge on any atom is -0.479 e. The van der Waals surface area contributed by atoms with E-state index in [1.807, 2.05) is 36.7 Å². The number of rotatable bonds is 5. The Bertz CT molecular complexity index is 406. The molecule has 92 valence electrons. The van der Waals surface area contributed by atoms with Crippen LogP contribution in [-0.4, -0.2) is 23.7 Å². The van der Waals surface area contributed by atoms with Crippen molar-refractivity contribution in [2.24, 2.45) is 0 Å². The SMILES string of the molecule is Cc1ccccc1CNC(=O)NOCC(=O)O. The molecule has 0 atom stereocenters. The molecule has 0 aliphatic heterocycles. The fourth-order valence-electron chi connectivity index (χ4n) is 1.18. The van der Waals surface area contributed by atoms with Crippen LogP contribution in [0.1, 0.15) is 11.1 Å². The van der Waals surface area contributed by atoms with Gasteiger partial charge in [0.1, 0.15) is 0 Å². The summed E-state index contributed by atoms with van der Waals surface area (Å²) in [6.07, 6.45) is 0. The summed E-state index contributed by atoms with van der Waals surface area (Å²) < 4.78 is 0. The van der Waals surface area contributed by atoms with E-state index in [-0.39, 0.29) is 0 Å². The zero-order valence-electron chi connectivity index (χ0n) is 9.40. The Morgan fingerprint density at radius 3 is 2.71 bits per heavy atom. The Morgan fingerprint density at radius 1 is 1.35 bits per heavy atom. The summed E-state index contributed by atoms with van der Waals surface area (Å²) >= 11 is 0. The van der Waals surface area contributed by atoms with Crippen LogP contribution in [0.5, 0.6) is 0 Å². The molecule has 1 aromatic rings. The summed E-state index contributed by atoms with van der Waals surface area (Å²) in [6, 6.07) is 7.05. The molecule has 0 saturated heterocycles. The molecule has 0 fully saturated rings. The number of amides is 2. The van der Waals surface area contributed by atoms with E-state index in [4.69, 9.17) is 5.11 Å². The van der Waals surface area contributed by atoms with Crippen LogP contribution in [0.2, 0.25) is 0 Å². The molecule has 0 spiro atoms. The summed E-state index contributed by atoms with van der Waals surface area (Å²) in [6.45, 7) is 1.72. The maximum absolute atomic E-state index is 11.2. The molecule has 6 nitrogen and oxygen atoms in total. The highest BCUT2D eigenvalue weighted by Crippen LogP contribution is 2.05. The minimum absolute atomic E-state index is 0.356. The van der Waals surface area contributed by atoms with Crippen molar-refractivity contribution in [3.05, 3.63) is 35.4 Å². The monoisotopic (exact) mass is 238 g/mol. The van der Waals surface area contributed by atoms with Gasteiger partial charge in [-0.1, -0.05) is 24.3 Å². The largest absolute Gasteiger partial charge is 0.479 e. The lowest BCUT2D eigenvalue weighted by Gasteiger charge is -2.08. The van der Waals surface area contributed by atoms with Gasteiger partial charge in [-0.2, -0.15) is 0 Å². The number of carbonyl (C=O) groups excluding carboxylic acids is 1. The van der Waals surface area contributed by atoms with E-state index in [2.05, 4.69) is 10.2 Å². The van der Waals surface area contributed by atoms with Gasteiger partial charge in [0, 0.05) is 6.54 Å². The van der Waals surface area contributed by atoms with Crippen LogP contribution in [0.15, 0.2) is 24.3 Å². The van der Waals surface area contributed by atoms with Gasteiger partial charge in [-0.3, -0.25) is 4.84 Å². The van der Waals surface area contributed by atoms with E-state index < -0.39 is 18.6 Å². The van der Waals surface area contributed by atoms with Gasteiger partial charge in [-0.15, -0.1) is 0 Å². The van der Waals surface area contributed by atoms with Crippen molar-refractivity contribution in [1.82, 2.24) is 10.8 Å². The van der Waals surface area contributed by atoms with Gasteiger partial charge in [-0.05, 0) is 18.1 Å². The van der Waals surface area contributed by atoms with E-state index >= 15 is 0 Å². The topological polar surface area (TPSA) is 87.7 Å².